The molecule has 4 nitrogen and oxygen atoms in total. The number of piperazine rings is 1. The average molecular weight is 275 g/mol. The predicted octanol–water partition coefficient (Wildman–Crippen LogP) is 1.55. The number of hydrogen-bond donors (Lipinski definition) is 1. The SMILES string of the molecule is CCN1CCN(C(=O)C(N)c2ccc(C)cc2)CC1C. The number of carbonyl (C=O) groups excluding carboxylic acids is 1. The zero-order chi connectivity index (χ0) is 14.7. The Balaban J connectivity index is 2.02. The number of hydrogen-bond acceptors (Lipinski definition) is 3. The molecular weight excluding hydrogens is 250 g/mol. The molecule has 2 rings (SSSR count). The van der Waals surface area contributed by atoms with E-state index in [0.29, 0.717) is 6.04 Å². The fourth-order valence-corrected chi connectivity index (χ4v) is 2.78. The lowest BCUT2D eigenvalue weighted by atomic mass is 10.0. The standard InChI is InChI=1S/C16H25N3O/c1-4-18-9-10-19(11-13(18)3)16(20)15(17)14-7-5-12(2)6-8-14/h5-8,13,15H,4,9-11,17H2,1-3H3. The first kappa shape index (κ1) is 15.0. The van der Waals surface area contributed by atoms with Gasteiger partial charge >= 0.3 is 0 Å². The Hall–Kier alpha value is -1.39. The second-order valence-electron chi connectivity index (χ2n) is 5.65. The van der Waals surface area contributed by atoms with Gasteiger partial charge in [-0.15, -0.1) is 0 Å². The molecule has 0 bridgehead atoms. The van der Waals surface area contributed by atoms with E-state index < -0.39 is 6.04 Å². The Morgan fingerprint density at radius 2 is 2.00 bits per heavy atom. The van der Waals surface area contributed by atoms with Crippen LogP contribution in [0.25, 0.3) is 0 Å². The van der Waals surface area contributed by atoms with Crippen LogP contribution in [0.4, 0.5) is 0 Å². The topological polar surface area (TPSA) is 49.6 Å². The zero-order valence-corrected chi connectivity index (χ0v) is 12.7. The molecule has 1 aromatic carbocycles. The van der Waals surface area contributed by atoms with Crippen LogP contribution >= 0.6 is 0 Å². The summed E-state index contributed by atoms with van der Waals surface area (Å²) in [6.45, 7) is 9.87. The lowest BCUT2D eigenvalue weighted by Crippen LogP contribution is -2.55. The van der Waals surface area contributed by atoms with Crippen LogP contribution < -0.4 is 5.73 Å². The van der Waals surface area contributed by atoms with E-state index in [-0.39, 0.29) is 5.91 Å². The van der Waals surface area contributed by atoms with E-state index in [1.165, 1.54) is 5.56 Å². The molecule has 1 saturated heterocycles. The minimum Gasteiger partial charge on any atom is -0.338 e. The summed E-state index contributed by atoms with van der Waals surface area (Å²) in [6, 6.07) is 7.76. The maximum atomic E-state index is 12.5. The van der Waals surface area contributed by atoms with Gasteiger partial charge in [0.25, 0.3) is 0 Å². The number of amides is 1. The molecule has 2 unspecified atom stereocenters. The highest BCUT2D eigenvalue weighted by molar-refractivity contribution is 5.83. The van der Waals surface area contributed by atoms with E-state index in [0.717, 1.165) is 31.7 Å². The first-order valence-corrected chi connectivity index (χ1v) is 7.38. The predicted molar refractivity (Wildman–Crippen MR) is 81.4 cm³/mol. The average Bonchev–Trinajstić information content (AvgIpc) is 2.46. The number of benzene rings is 1. The number of likely N-dealkylation sites (N-methyl/N-ethyl adjacent to an activating group) is 1. The molecule has 2 atom stereocenters. The molecule has 0 saturated carbocycles. The molecular formula is C16H25N3O. The molecule has 1 aliphatic rings. The lowest BCUT2D eigenvalue weighted by Gasteiger charge is -2.40. The van der Waals surface area contributed by atoms with Crippen LogP contribution in [0, 0.1) is 6.92 Å². The van der Waals surface area contributed by atoms with Crippen molar-refractivity contribution in [2.24, 2.45) is 5.73 Å². The minimum atomic E-state index is -0.545. The molecule has 20 heavy (non-hydrogen) atoms. The van der Waals surface area contributed by atoms with Crippen molar-refractivity contribution in [2.45, 2.75) is 32.9 Å². The fraction of sp³-hybridized carbons (Fsp3) is 0.562. The van der Waals surface area contributed by atoms with Crippen molar-refractivity contribution in [2.75, 3.05) is 26.2 Å². The quantitative estimate of drug-likeness (QED) is 0.910. The Morgan fingerprint density at radius 3 is 2.55 bits per heavy atom. The van der Waals surface area contributed by atoms with Gasteiger partial charge in [0, 0.05) is 25.7 Å². The molecule has 1 aliphatic heterocycles. The van der Waals surface area contributed by atoms with Crippen LogP contribution in [0.5, 0.6) is 0 Å². The Labute approximate surface area is 121 Å². The molecule has 0 aliphatic carbocycles. The maximum Gasteiger partial charge on any atom is 0.244 e. The molecule has 4 heteroatoms. The molecule has 0 radical (unpaired) electrons. The highest BCUT2D eigenvalue weighted by Crippen LogP contribution is 2.17. The van der Waals surface area contributed by atoms with E-state index >= 15 is 0 Å². The largest absolute Gasteiger partial charge is 0.338 e. The Bertz CT molecular complexity index is 457. The van der Waals surface area contributed by atoms with Crippen molar-refractivity contribution >= 4 is 5.91 Å². The number of aryl methyl sites for hydroxylation is 1. The van der Waals surface area contributed by atoms with Gasteiger partial charge in [0.2, 0.25) is 5.91 Å². The number of nitrogens with two attached hydrogens (primary N) is 1. The summed E-state index contributed by atoms with van der Waals surface area (Å²) in [6.07, 6.45) is 0. The summed E-state index contributed by atoms with van der Waals surface area (Å²) in [5.74, 6) is 0.0384. The normalized spacial score (nSPS) is 21.8. The molecule has 1 fully saturated rings. The van der Waals surface area contributed by atoms with Crippen molar-refractivity contribution in [3.63, 3.8) is 0 Å². The van der Waals surface area contributed by atoms with E-state index in [1.54, 1.807) is 0 Å². The van der Waals surface area contributed by atoms with Gasteiger partial charge in [0.15, 0.2) is 0 Å². The van der Waals surface area contributed by atoms with E-state index in [9.17, 15) is 4.79 Å². The molecule has 0 aromatic heterocycles. The summed E-state index contributed by atoms with van der Waals surface area (Å²) >= 11 is 0. The first-order chi connectivity index (χ1) is 9.52. The second kappa shape index (κ2) is 6.37. The molecule has 1 heterocycles. The molecule has 1 amide bonds. The van der Waals surface area contributed by atoms with Gasteiger partial charge < -0.3 is 10.6 Å². The van der Waals surface area contributed by atoms with Gasteiger partial charge in [-0.1, -0.05) is 36.8 Å². The minimum absolute atomic E-state index is 0.0384. The van der Waals surface area contributed by atoms with Crippen molar-refractivity contribution in [3.8, 4) is 0 Å². The summed E-state index contributed by atoms with van der Waals surface area (Å²) < 4.78 is 0. The number of nitrogens with zero attached hydrogens (tertiary/aromatic N) is 2. The van der Waals surface area contributed by atoms with E-state index in [4.69, 9.17) is 5.73 Å². The third-order valence-electron chi connectivity index (χ3n) is 4.19. The zero-order valence-electron chi connectivity index (χ0n) is 12.7. The van der Waals surface area contributed by atoms with Crippen molar-refractivity contribution < 1.29 is 4.79 Å². The lowest BCUT2D eigenvalue weighted by molar-refractivity contribution is -0.135. The van der Waals surface area contributed by atoms with Crippen molar-refractivity contribution in [1.82, 2.24) is 9.80 Å². The summed E-state index contributed by atoms with van der Waals surface area (Å²) in [4.78, 5) is 16.8. The van der Waals surface area contributed by atoms with Gasteiger partial charge in [0.1, 0.15) is 6.04 Å². The number of rotatable bonds is 3. The monoisotopic (exact) mass is 275 g/mol. The van der Waals surface area contributed by atoms with Gasteiger partial charge in [-0.05, 0) is 26.0 Å². The maximum absolute atomic E-state index is 12.5. The van der Waals surface area contributed by atoms with Crippen LogP contribution in [0.2, 0.25) is 0 Å². The van der Waals surface area contributed by atoms with Crippen molar-refractivity contribution in [3.05, 3.63) is 35.4 Å². The van der Waals surface area contributed by atoms with E-state index in [2.05, 4.69) is 18.7 Å². The first-order valence-electron chi connectivity index (χ1n) is 7.38. The van der Waals surface area contributed by atoms with Gasteiger partial charge in [-0.3, -0.25) is 9.69 Å². The Kier molecular flexibility index (Phi) is 4.78. The summed E-state index contributed by atoms with van der Waals surface area (Å²) in [5, 5.41) is 0. The Morgan fingerprint density at radius 1 is 1.35 bits per heavy atom. The molecule has 1 aromatic rings. The molecule has 110 valence electrons. The van der Waals surface area contributed by atoms with Gasteiger partial charge in [0.05, 0.1) is 0 Å². The fourth-order valence-electron chi connectivity index (χ4n) is 2.78. The van der Waals surface area contributed by atoms with Gasteiger partial charge in [-0.25, -0.2) is 0 Å². The third kappa shape index (κ3) is 3.19. The van der Waals surface area contributed by atoms with Crippen LogP contribution in [0.1, 0.15) is 31.0 Å². The van der Waals surface area contributed by atoms with Crippen molar-refractivity contribution in [1.29, 1.82) is 0 Å². The summed E-state index contributed by atoms with van der Waals surface area (Å²) in [7, 11) is 0. The van der Waals surface area contributed by atoms with Gasteiger partial charge in [-0.2, -0.15) is 0 Å². The van der Waals surface area contributed by atoms with Crippen LogP contribution in [-0.4, -0.2) is 47.9 Å². The molecule has 0 spiro atoms. The van der Waals surface area contributed by atoms with Crippen LogP contribution in [0.3, 0.4) is 0 Å². The summed E-state index contributed by atoms with van der Waals surface area (Å²) in [5.41, 5.74) is 8.20. The smallest absolute Gasteiger partial charge is 0.244 e. The number of carbonyl (C=O) groups is 1. The third-order valence-corrected chi connectivity index (χ3v) is 4.19. The van der Waals surface area contributed by atoms with Crippen LogP contribution in [-0.2, 0) is 4.79 Å². The highest BCUT2D eigenvalue weighted by atomic mass is 16.2. The molecule has 2 N–H and O–H groups in total. The van der Waals surface area contributed by atoms with Crippen LogP contribution in [0.15, 0.2) is 24.3 Å². The second-order valence-corrected chi connectivity index (χ2v) is 5.65. The van der Waals surface area contributed by atoms with E-state index in [1.807, 2.05) is 36.1 Å². The highest BCUT2D eigenvalue weighted by Gasteiger charge is 2.29.